The molecule has 2 fully saturated rings. The van der Waals surface area contributed by atoms with Crippen molar-refractivity contribution in [1.82, 2.24) is 0 Å². The quantitative estimate of drug-likeness (QED) is 0.628. The first-order valence-electron chi connectivity index (χ1n) is 6.65. The van der Waals surface area contributed by atoms with Crippen molar-refractivity contribution in [3.63, 3.8) is 0 Å². The van der Waals surface area contributed by atoms with Gasteiger partial charge in [-0.1, -0.05) is 20.8 Å². The Labute approximate surface area is 110 Å². The molecule has 2 aliphatic rings. The number of hydrogen-bond donors (Lipinski definition) is 1. The minimum absolute atomic E-state index is 0.0225. The topological polar surface area (TPSA) is 59.1 Å². The van der Waals surface area contributed by atoms with Gasteiger partial charge in [-0.2, -0.15) is 0 Å². The molecule has 5 heteroatoms. The van der Waals surface area contributed by atoms with E-state index >= 15 is 0 Å². The Morgan fingerprint density at radius 3 is 2.56 bits per heavy atom. The number of carbonyl (C=O) groups is 1. The number of ketones is 1. The average Bonchev–Trinajstić information content (AvgIpc) is 3.00. The summed E-state index contributed by atoms with van der Waals surface area (Å²) < 4.78 is 11.8. The van der Waals surface area contributed by atoms with Crippen molar-refractivity contribution < 1.29 is 19.1 Å². The zero-order valence-corrected chi connectivity index (χ0v) is 12.9. The third-order valence-electron chi connectivity index (χ3n) is 4.56. The van der Waals surface area contributed by atoms with E-state index in [9.17, 15) is 9.90 Å². The number of carbonyl (C=O) groups excluding carboxylic acids is 1. The molecule has 0 spiro atoms. The van der Waals surface area contributed by atoms with Gasteiger partial charge in [0.15, 0.2) is 14.1 Å². The number of hydrogen-bond acceptors (Lipinski definition) is 4. The third-order valence-corrected chi connectivity index (χ3v) is 9.07. The Balaban J connectivity index is 2.05. The van der Waals surface area contributed by atoms with Crippen molar-refractivity contribution in [2.45, 2.75) is 63.6 Å². The molecule has 4 atom stereocenters. The predicted octanol–water partition coefficient (Wildman–Crippen LogP) is 1.73. The van der Waals surface area contributed by atoms with Gasteiger partial charge in [0.1, 0.15) is 12.2 Å². The molecule has 1 saturated carbocycles. The Morgan fingerprint density at radius 1 is 1.44 bits per heavy atom. The summed E-state index contributed by atoms with van der Waals surface area (Å²) in [5.74, 6) is -0.249. The molecule has 0 radical (unpaired) electrons. The Kier molecular flexibility index (Phi) is 3.47. The molecule has 2 rings (SSSR count). The second kappa shape index (κ2) is 4.40. The van der Waals surface area contributed by atoms with Crippen molar-refractivity contribution in [1.29, 1.82) is 0 Å². The molecule has 4 nitrogen and oxygen atoms in total. The predicted molar refractivity (Wildman–Crippen MR) is 70.9 cm³/mol. The first-order valence-corrected chi connectivity index (χ1v) is 9.56. The molecule has 0 amide bonds. The van der Waals surface area contributed by atoms with Crippen molar-refractivity contribution in [3.8, 4) is 0 Å². The van der Waals surface area contributed by atoms with Crippen molar-refractivity contribution in [3.05, 3.63) is 0 Å². The second-order valence-corrected chi connectivity index (χ2v) is 11.7. The normalized spacial score (nSPS) is 36.4. The van der Waals surface area contributed by atoms with Gasteiger partial charge in [-0.3, -0.25) is 4.79 Å². The lowest BCUT2D eigenvalue weighted by Crippen LogP contribution is -2.48. The lowest BCUT2D eigenvalue weighted by molar-refractivity contribution is -0.127. The maximum atomic E-state index is 11.8. The van der Waals surface area contributed by atoms with Crippen LogP contribution in [-0.2, 0) is 14.0 Å². The van der Waals surface area contributed by atoms with E-state index in [-0.39, 0.29) is 41.7 Å². The van der Waals surface area contributed by atoms with Crippen molar-refractivity contribution in [2.75, 3.05) is 6.61 Å². The maximum Gasteiger partial charge on any atom is 0.192 e. The van der Waals surface area contributed by atoms with E-state index in [0.29, 0.717) is 6.42 Å². The molecular weight excluding hydrogens is 248 g/mol. The highest BCUT2D eigenvalue weighted by atomic mass is 28.4. The van der Waals surface area contributed by atoms with E-state index in [4.69, 9.17) is 9.16 Å². The molecular formula is C13H24O4Si. The number of aliphatic hydroxyl groups is 1. The van der Waals surface area contributed by atoms with Crippen LogP contribution in [0, 0.1) is 5.92 Å². The first-order chi connectivity index (χ1) is 8.17. The van der Waals surface area contributed by atoms with Gasteiger partial charge in [-0.15, -0.1) is 0 Å². The minimum atomic E-state index is -1.84. The summed E-state index contributed by atoms with van der Waals surface area (Å²) in [6.45, 7) is 10.9. The van der Waals surface area contributed by atoms with Gasteiger partial charge in [-0.05, 0) is 24.6 Å². The van der Waals surface area contributed by atoms with Gasteiger partial charge >= 0.3 is 0 Å². The number of Topliss-reactive ketones (excluding diaryl/α,β-unsaturated/α-hetero) is 1. The van der Waals surface area contributed by atoms with E-state index in [0.717, 1.165) is 0 Å². The number of ether oxygens (including phenoxy) is 1. The lowest BCUT2D eigenvalue weighted by atomic mass is 9.87. The molecule has 0 aromatic rings. The van der Waals surface area contributed by atoms with E-state index in [1.54, 1.807) is 0 Å². The van der Waals surface area contributed by atoms with Crippen LogP contribution in [0.3, 0.4) is 0 Å². The fourth-order valence-electron chi connectivity index (χ4n) is 2.23. The van der Waals surface area contributed by atoms with Gasteiger partial charge < -0.3 is 14.3 Å². The molecule has 1 N–H and O–H groups in total. The van der Waals surface area contributed by atoms with Crippen LogP contribution in [0.1, 0.15) is 27.2 Å². The van der Waals surface area contributed by atoms with E-state index in [1.807, 2.05) is 0 Å². The standard InChI is InChI=1S/C13H24O4Si/c1-13(2,3)18(4,5)17-9-6-8(7-14)10(15)12-11(9)16-12/h8-9,11-12,14H,6-7H2,1-5H3/t8?,9-,11+,12-/m1/s1. The number of aliphatic hydroxyl groups excluding tert-OH is 1. The molecule has 1 unspecified atom stereocenters. The molecule has 1 saturated heterocycles. The van der Waals surface area contributed by atoms with Crippen molar-refractivity contribution >= 4 is 14.1 Å². The highest BCUT2D eigenvalue weighted by molar-refractivity contribution is 6.74. The van der Waals surface area contributed by atoms with Crippen LogP contribution in [0.4, 0.5) is 0 Å². The molecule has 1 aliphatic heterocycles. The van der Waals surface area contributed by atoms with Crippen LogP contribution in [0.25, 0.3) is 0 Å². The van der Waals surface area contributed by atoms with E-state index in [1.165, 1.54) is 0 Å². The molecule has 0 bridgehead atoms. The summed E-state index contributed by atoms with van der Waals surface area (Å²) in [7, 11) is -1.84. The minimum Gasteiger partial charge on any atom is -0.411 e. The zero-order chi connectivity index (χ0) is 13.7. The average molecular weight is 272 g/mol. The largest absolute Gasteiger partial charge is 0.411 e. The van der Waals surface area contributed by atoms with Crippen LogP contribution < -0.4 is 0 Å². The van der Waals surface area contributed by atoms with Crippen LogP contribution in [0.15, 0.2) is 0 Å². The van der Waals surface area contributed by atoms with Crippen LogP contribution in [0.2, 0.25) is 18.1 Å². The van der Waals surface area contributed by atoms with Crippen LogP contribution in [0.5, 0.6) is 0 Å². The van der Waals surface area contributed by atoms with Crippen LogP contribution >= 0.6 is 0 Å². The van der Waals surface area contributed by atoms with Gasteiger partial charge in [0.05, 0.1) is 12.7 Å². The van der Waals surface area contributed by atoms with E-state index < -0.39 is 8.32 Å². The Hall–Kier alpha value is -0.233. The highest BCUT2D eigenvalue weighted by Gasteiger charge is 2.58. The van der Waals surface area contributed by atoms with Gasteiger partial charge in [0.25, 0.3) is 0 Å². The first kappa shape index (κ1) is 14.2. The fourth-order valence-corrected chi connectivity index (χ4v) is 3.57. The third kappa shape index (κ3) is 2.41. The molecule has 0 aromatic heterocycles. The Bertz CT molecular complexity index is 347. The molecule has 1 aliphatic carbocycles. The summed E-state index contributed by atoms with van der Waals surface area (Å²) in [6, 6.07) is 0. The summed E-state index contributed by atoms with van der Waals surface area (Å²) in [5, 5.41) is 9.40. The number of epoxide rings is 1. The lowest BCUT2D eigenvalue weighted by Gasteiger charge is -2.40. The molecule has 18 heavy (non-hydrogen) atoms. The fraction of sp³-hybridized carbons (Fsp3) is 0.923. The SMILES string of the molecule is CC(C)(C)[Si](C)(C)O[C@@H]1CC(CO)C(=O)[C@H]2O[C@H]21. The molecule has 0 aromatic carbocycles. The van der Waals surface area contributed by atoms with Gasteiger partial charge in [0.2, 0.25) is 0 Å². The van der Waals surface area contributed by atoms with E-state index in [2.05, 4.69) is 33.9 Å². The summed E-state index contributed by atoms with van der Waals surface area (Å²) >= 11 is 0. The Morgan fingerprint density at radius 2 is 2.06 bits per heavy atom. The van der Waals surface area contributed by atoms with Crippen molar-refractivity contribution in [2.24, 2.45) is 5.92 Å². The summed E-state index contributed by atoms with van der Waals surface area (Å²) in [5.41, 5.74) is 0. The number of fused-ring (bicyclic) bond motifs is 1. The maximum absolute atomic E-state index is 11.8. The summed E-state index contributed by atoms with van der Waals surface area (Å²) in [4.78, 5) is 11.8. The van der Waals surface area contributed by atoms with Crippen LogP contribution in [-0.4, -0.2) is 44.1 Å². The van der Waals surface area contributed by atoms with Gasteiger partial charge in [0, 0.05) is 5.92 Å². The number of rotatable bonds is 3. The molecule has 104 valence electrons. The monoisotopic (exact) mass is 272 g/mol. The highest BCUT2D eigenvalue weighted by Crippen LogP contribution is 2.44. The second-order valence-electron chi connectivity index (χ2n) is 6.96. The zero-order valence-electron chi connectivity index (χ0n) is 11.9. The van der Waals surface area contributed by atoms with Gasteiger partial charge in [-0.25, -0.2) is 0 Å². The molecule has 1 heterocycles. The smallest absolute Gasteiger partial charge is 0.192 e. The summed E-state index contributed by atoms with van der Waals surface area (Å²) in [6.07, 6.45) is 0.203.